The molecule has 176 valence electrons. The predicted octanol–water partition coefficient (Wildman–Crippen LogP) is 4.81. The van der Waals surface area contributed by atoms with Gasteiger partial charge in [0, 0.05) is 54.5 Å². The average molecular weight is 481 g/mol. The number of H-pyrrole nitrogens is 1. The molecule has 4 heterocycles. The number of aryl methyl sites for hydroxylation is 1. The van der Waals surface area contributed by atoms with Crippen LogP contribution in [0.15, 0.2) is 48.1 Å². The lowest BCUT2D eigenvalue weighted by molar-refractivity contribution is 0.0903. The first-order valence-corrected chi connectivity index (χ1v) is 11.3. The Hall–Kier alpha value is -3.59. The van der Waals surface area contributed by atoms with Gasteiger partial charge in [0.05, 0.1) is 17.6 Å². The van der Waals surface area contributed by atoms with Gasteiger partial charge in [0.15, 0.2) is 0 Å². The van der Waals surface area contributed by atoms with E-state index < -0.39 is 6.04 Å². The van der Waals surface area contributed by atoms with Gasteiger partial charge in [0.1, 0.15) is 11.5 Å². The normalized spacial score (nSPS) is 14.8. The van der Waals surface area contributed by atoms with Crippen LogP contribution in [-0.2, 0) is 4.74 Å². The number of amides is 1. The zero-order valence-corrected chi connectivity index (χ0v) is 19.4. The second-order valence-corrected chi connectivity index (χ2v) is 8.53. The SMILES string of the molecule is Cc1cnc(NC2CCOCC2)cc1-c1c[nH]c(C(=O)NC(CN=[N+]=[N-])c2cncc(Cl)c2)c1. The first-order chi connectivity index (χ1) is 16.5. The van der Waals surface area contributed by atoms with Crippen LogP contribution in [0.25, 0.3) is 21.6 Å². The molecular formula is C23H25ClN8O2. The van der Waals surface area contributed by atoms with Crippen LogP contribution in [0.3, 0.4) is 0 Å². The number of carbonyl (C=O) groups excluding carboxylic acids is 1. The van der Waals surface area contributed by atoms with E-state index >= 15 is 0 Å². The first-order valence-electron chi connectivity index (χ1n) is 11.0. The highest BCUT2D eigenvalue weighted by Crippen LogP contribution is 2.27. The van der Waals surface area contributed by atoms with E-state index in [-0.39, 0.29) is 12.5 Å². The molecule has 4 rings (SSSR count). The minimum atomic E-state index is -0.570. The number of ether oxygens (including phenoxy) is 1. The molecule has 3 aromatic heterocycles. The standard InChI is InChI=1S/C23H25ClN8O2/c1-14-9-28-22(30-18-2-4-34-5-3-18)8-19(14)15-7-20(27-11-15)23(33)31-21(13-29-32-25)16-6-17(24)12-26-10-16/h6-12,18,21,27H,2-5,13H2,1H3,(H,28,30)(H,31,33). The molecule has 11 heteroatoms. The van der Waals surface area contributed by atoms with Gasteiger partial charge < -0.3 is 20.4 Å². The number of aromatic nitrogens is 3. The Labute approximate surface area is 201 Å². The van der Waals surface area contributed by atoms with Crippen molar-refractivity contribution in [3.63, 3.8) is 0 Å². The maximum Gasteiger partial charge on any atom is 0.268 e. The zero-order valence-electron chi connectivity index (χ0n) is 18.7. The van der Waals surface area contributed by atoms with Gasteiger partial charge in [0.2, 0.25) is 0 Å². The molecule has 3 N–H and O–H groups in total. The molecule has 1 aliphatic heterocycles. The summed E-state index contributed by atoms with van der Waals surface area (Å²) in [5, 5.41) is 10.4. The average Bonchev–Trinajstić information content (AvgIpc) is 3.34. The molecule has 0 spiro atoms. The van der Waals surface area contributed by atoms with Crippen molar-refractivity contribution in [2.24, 2.45) is 5.11 Å². The number of pyridine rings is 2. The fraction of sp³-hybridized carbons (Fsp3) is 0.348. The van der Waals surface area contributed by atoms with Crippen LogP contribution >= 0.6 is 11.6 Å². The van der Waals surface area contributed by atoms with Crippen LogP contribution < -0.4 is 10.6 Å². The lowest BCUT2D eigenvalue weighted by Crippen LogP contribution is -2.30. The van der Waals surface area contributed by atoms with Crippen LogP contribution in [-0.4, -0.2) is 46.7 Å². The van der Waals surface area contributed by atoms with Crippen LogP contribution in [0.5, 0.6) is 0 Å². The maximum atomic E-state index is 13.0. The van der Waals surface area contributed by atoms with Crippen LogP contribution in [0.4, 0.5) is 5.82 Å². The molecule has 0 aromatic carbocycles. The third-order valence-corrected chi connectivity index (χ3v) is 5.88. The van der Waals surface area contributed by atoms with Crippen LogP contribution in [0, 0.1) is 6.92 Å². The number of aromatic amines is 1. The summed E-state index contributed by atoms with van der Waals surface area (Å²) in [5.41, 5.74) is 12.6. The fourth-order valence-electron chi connectivity index (χ4n) is 3.85. The molecule has 0 bridgehead atoms. The van der Waals surface area contributed by atoms with Crippen molar-refractivity contribution < 1.29 is 9.53 Å². The van der Waals surface area contributed by atoms with E-state index in [2.05, 4.69) is 35.6 Å². The highest BCUT2D eigenvalue weighted by Gasteiger charge is 2.19. The minimum Gasteiger partial charge on any atom is -0.381 e. The molecule has 1 atom stereocenters. The molecule has 1 fully saturated rings. The predicted molar refractivity (Wildman–Crippen MR) is 130 cm³/mol. The molecule has 1 saturated heterocycles. The van der Waals surface area contributed by atoms with Crippen molar-refractivity contribution in [3.05, 3.63) is 75.3 Å². The third kappa shape index (κ3) is 5.85. The minimum absolute atomic E-state index is 0.0303. The molecule has 0 saturated carbocycles. The number of halogens is 1. The number of rotatable bonds is 8. The number of azide groups is 1. The number of nitrogens with one attached hydrogen (secondary N) is 3. The van der Waals surface area contributed by atoms with Crippen molar-refractivity contribution in [2.75, 3.05) is 25.1 Å². The summed E-state index contributed by atoms with van der Waals surface area (Å²) in [4.78, 5) is 27.4. The van der Waals surface area contributed by atoms with Crippen molar-refractivity contribution in [3.8, 4) is 11.1 Å². The Kier molecular flexibility index (Phi) is 7.64. The Balaban J connectivity index is 1.51. The monoisotopic (exact) mass is 480 g/mol. The van der Waals surface area contributed by atoms with Gasteiger partial charge >= 0.3 is 0 Å². The molecular weight excluding hydrogens is 456 g/mol. The van der Waals surface area contributed by atoms with Gasteiger partial charge in [0.25, 0.3) is 5.91 Å². The van der Waals surface area contributed by atoms with Crippen LogP contribution in [0.2, 0.25) is 5.02 Å². The second kappa shape index (κ2) is 11.0. The summed E-state index contributed by atoms with van der Waals surface area (Å²) in [7, 11) is 0. The summed E-state index contributed by atoms with van der Waals surface area (Å²) in [6.07, 6.45) is 8.58. The van der Waals surface area contributed by atoms with E-state index in [9.17, 15) is 4.79 Å². The van der Waals surface area contributed by atoms with Crippen molar-refractivity contribution in [2.45, 2.75) is 31.8 Å². The number of hydrogen-bond acceptors (Lipinski definition) is 6. The Morgan fingerprint density at radius 3 is 2.91 bits per heavy atom. The summed E-state index contributed by atoms with van der Waals surface area (Å²) in [6.45, 7) is 3.51. The number of carbonyl (C=O) groups is 1. The van der Waals surface area contributed by atoms with Gasteiger partial charge in [-0.15, -0.1) is 0 Å². The molecule has 10 nitrogen and oxygen atoms in total. The largest absolute Gasteiger partial charge is 0.381 e. The zero-order chi connectivity index (χ0) is 23.9. The summed E-state index contributed by atoms with van der Waals surface area (Å²) < 4.78 is 5.42. The highest BCUT2D eigenvalue weighted by atomic mass is 35.5. The van der Waals surface area contributed by atoms with Gasteiger partial charge in [-0.2, -0.15) is 0 Å². The molecule has 1 amide bonds. The quantitative estimate of drug-likeness (QED) is 0.241. The molecule has 3 aromatic rings. The molecule has 34 heavy (non-hydrogen) atoms. The third-order valence-electron chi connectivity index (χ3n) is 5.68. The summed E-state index contributed by atoms with van der Waals surface area (Å²) in [6, 6.07) is 5.23. The van der Waals surface area contributed by atoms with E-state index in [0.29, 0.717) is 22.3 Å². The maximum absolute atomic E-state index is 13.0. The van der Waals surface area contributed by atoms with Gasteiger partial charge in [-0.25, -0.2) is 4.98 Å². The highest BCUT2D eigenvalue weighted by molar-refractivity contribution is 6.30. The van der Waals surface area contributed by atoms with Gasteiger partial charge in [-0.05, 0) is 60.2 Å². The Bertz CT molecular complexity index is 1200. The lowest BCUT2D eigenvalue weighted by atomic mass is 10.0. The van der Waals surface area contributed by atoms with Gasteiger partial charge in [-0.3, -0.25) is 9.78 Å². The van der Waals surface area contributed by atoms with Gasteiger partial charge in [-0.1, -0.05) is 16.7 Å². The van der Waals surface area contributed by atoms with E-state index in [1.54, 1.807) is 24.5 Å². The molecule has 0 radical (unpaired) electrons. The Morgan fingerprint density at radius 1 is 1.32 bits per heavy atom. The fourth-order valence-corrected chi connectivity index (χ4v) is 4.04. The van der Waals surface area contributed by atoms with E-state index in [0.717, 1.165) is 48.6 Å². The van der Waals surface area contributed by atoms with E-state index in [1.807, 2.05) is 19.2 Å². The number of hydrogen-bond donors (Lipinski definition) is 3. The van der Waals surface area contributed by atoms with E-state index in [4.69, 9.17) is 21.9 Å². The summed E-state index contributed by atoms with van der Waals surface area (Å²) in [5.74, 6) is 0.458. The second-order valence-electron chi connectivity index (χ2n) is 8.09. The summed E-state index contributed by atoms with van der Waals surface area (Å²) >= 11 is 6.04. The topological polar surface area (TPSA) is 141 Å². The first kappa shape index (κ1) is 23.6. The van der Waals surface area contributed by atoms with Crippen molar-refractivity contribution in [1.82, 2.24) is 20.3 Å². The number of anilines is 1. The molecule has 1 aliphatic rings. The van der Waals surface area contributed by atoms with Crippen LogP contribution in [0.1, 0.15) is 40.5 Å². The van der Waals surface area contributed by atoms with Crippen molar-refractivity contribution >= 4 is 23.3 Å². The smallest absolute Gasteiger partial charge is 0.268 e. The molecule has 0 aliphatic carbocycles. The van der Waals surface area contributed by atoms with E-state index in [1.165, 1.54) is 6.20 Å². The molecule has 1 unspecified atom stereocenters. The Morgan fingerprint density at radius 2 is 2.15 bits per heavy atom. The lowest BCUT2D eigenvalue weighted by Gasteiger charge is -2.24. The number of nitrogens with zero attached hydrogens (tertiary/aromatic N) is 5. The van der Waals surface area contributed by atoms with Crippen molar-refractivity contribution in [1.29, 1.82) is 0 Å².